The number of nitrogens with one attached hydrogen (secondary N) is 1. The zero-order chi connectivity index (χ0) is 18.0. The SMILES string of the molecule is [C-]#[N+]c1ncc(N2CCC(C)(NC(=O)OC(C)(C)C)CC2)nc1Cl. The molecule has 7 nitrogen and oxygen atoms in total. The van der Waals surface area contributed by atoms with Crippen LogP contribution in [0.25, 0.3) is 4.85 Å². The Hall–Kier alpha value is -2.07. The number of aromatic nitrogens is 2. The van der Waals surface area contributed by atoms with Crippen molar-refractivity contribution in [3.05, 3.63) is 22.8 Å². The lowest BCUT2D eigenvalue weighted by Gasteiger charge is -2.40. The molecule has 130 valence electrons. The minimum absolute atomic E-state index is 0.105. The Morgan fingerprint density at radius 1 is 1.46 bits per heavy atom. The molecule has 0 spiro atoms. The molecule has 1 N–H and O–H groups in total. The van der Waals surface area contributed by atoms with Crippen molar-refractivity contribution >= 4 is 29.3 Å². The minimum atomic E-state index is -0.516. The second-order valence-corrected chi connectivity index (χ2v) is 7.49. The Morgan fingerprint density at radius 3 is 2.58 bits per heavy atom. The number of rotatable bonds is 2. The maximum atomic E-state index is 12.0. The third-order valence-corrected chi connectivity index (χ3v) is 4.05. The van der Waals surface area contributed by atoms with Crippen molar-refractivity contribution in [2.45, 2.75) is 51.7 Å². The van der Waals surface area contributed by atoms with E-state index in [4.69, 9.17) is 22.9 Å². The van der Waals surface area contributed by atoms with Gasteiger partial charge >= 0.3 is 11.9 Å². The fourth-order valence-electron chi connectivity index (χ4n) is 2.48. The number of anilines is 1. The molecule has 0 radical (unpaired) electrons. The summed E-state index contributed by atoms with van der Waals surface area (Å²) in [5.74, 6) is 0.751. The molecule has 1 saturated heterocycles. The lowest BCUT2D eigenvalue weighted by Crippen LogP contribution is -2.54. The van der Waals surface area contributed by atoms with Gasteiger partial charge in [-0.3, -0.25) is 0 Å². The van der Waals surface area contributed by atoms with Gasteiger partial charge in [-0.15, -0.1) is 4.98 Å². The van der Waals surface area contributed by atoms with Crippen molar-refractivity contribution in [3.63, 3.8) is 0 Å². The van der Waals surface area contributed by atoms with Crippen LogP contribution < -0.4 is 10.2 Å². The van der Waals surface area contributed by atoms with Crippen LogP contribution in [0.3, 0.4) is 0 Å². The van der Waals surface area contributed by atoms with Gasteiger partial charge in [0.15, 0.2) is 17.2 Å². The van der Waals surface area contributed by atoms with Gasteiger partial charge in [0.05, 0.1) is 0 Å². The lowest BCUT2D eigenvalue weighted by molar-refractivity contribution is 0.0448. The Morgan fingerprint density at radius 2 is 2.08 bits per heavy atom. The van der Waals surface area contributed by atoms with Gasteiger partial charge in [0, 0.05) is 18.6 Å². The molecule has 2 rings (SSSR count). The molecule has 0 bridgehead atoms. The normalized spacial score (nSPS) is 17.1. The predicted octanol–water partition coefficient (Wildman–Crippen LogP) is 3.56. The Balaban J connectivity index is 1.96. The van der Waals surface area contributed by atoms with Crippen LogP contribution in [-0.2, 0) is 4.74 Å². The molecule has 0 aliphatic carbocycles. The number of amides is 1. The third kappa shape index (κ3) is 4.71. The molecule has 1 fully saturated rings. The maximum absolute atomic E-state index is 12.0. The van der Waals surface area contributed by atoms with Gasteiger partial charge in [0.2, 0.25) is 0 Å². The standard InChI is InChI=1S/C16H22ClN5O2/c1-15(2,3)24-14(23)21-16(4)6-8-22(9-7-16)11-10-19-13(18-5)12(17)20-11/h10H,6-9H2,1-4H3,(H,21,23). The van der Waals surface area contributed by atoms with E-state index in [2.05, 4.69) is 20.1 Å². The van der Waals surface area contributed by atoms with Gasteiger partial charge in [-0.05, 0) is 40.5 Å². The molecule has 1 aromatic heterocycles. The minimum Gasteiger partial charge on any atom is -0.444 e. The maximum Gasteiger partial charge on any atom is 0.408 e. The van der Waals surface area contributed by atoms with Crippen LogP contribution in [0.2, 0.25) is 5.15 Å². The van der Waals surface area contributed by atoms with Crippen molar-refractivity contribution in [2.75, 3.05) is 18.0 Å². The molecule has 1 aromatic rings. The molecular formula is C16H22ClN5O2. The van der Waals surface area contributed by atoms with Crippen LogP contribution in [0, 0.1) is 6.57 Å². The molecule has 2 heterocycles. The summed E-state index contributed by atoms with van der Waals surface area (Å²) in [5.41, 5.74) is -0.843. The van der Waals surface area contributed by atoms with E-state index in [-0.39, 0.29) is 16.5 Å². The van der Waals surface area contributed by atoms with Crippen LogP contribution in [0.15, 0.2) is 6.20 Å². The van der Waals surface area contributed by atoms with E-state index in [1.807, 2.05) is 32.6 Å². The first kappa shape index (κ1) is 18.3. The van der Waals surface area contributed by atoms with E-state index >= 15 is 0 Å². The largest absolute Gasteiger partial charge is 0.444 e. The summed E-state index contributed by atoms with van der Waals surface area (Å²) in [5, 5.41) is 3.08. The van der Waals surface area contributed by atoms with E-state index in [1.54, 1.807) is 6.20 Å². The summed E-state index contributed by atoms with van der Waals surface area (Å²) in [6.45, 7) is 15.9. The van der Waals surface area contributed by atoms with Gasteiger partial charge in [-0.1, -0.05) is 18.2 Å². The fraction of sp³-hybridized carbons (Fsp3) is 0.625. The van der Waals surface area contributed by atoms with Crippen LogP contribution in [0.1, 0.15) is 40.5 Å². The van der Waals surface area contributed by atoms with E-state index in [0.717, 1.165) is 12.8 Å². The molecule has 1 aliphatic rings. The molecule has 0 unspecified atom stereocenters. The van der Waals surface area contributed by atoms with Crippen LogP contribution in [0.5, 0.6) is 0 Å². The van der Waals surface area contributed by atoms with E-state index in [1.165, 1.54) is 0 Å². The lowest BCUT2D eigenvalue weighted by atomic mass is 9.90. The smallest absolute Gasteiger partial charge is 0.408 e. The molecule has 0 aromatic carbocycles. The van der Waals surface area contributed by atoms with Gasteiger partial charge in [-0.2, -0.15) is 0 Å². The van der Waals surface area contributed by atoms with Crippen LogP contribution in [-0.4, -0.2) is 40.3 Å². The molecule has 24 heavy (non-hydrogen) atoms. The van der Waals surface area contributed by atoms with E-state index in [0.29, 0.717) is 18.9 Å². The van der Waals surface area contributed by atoms with Crippen molar-refractivity contribution in [1.29, 1.82) is 0 Å². The summed E-state index contributed by atoms with van der Waals surface area (Å²) >= 11 is 5.95. The summed E-state index contributed by atoms with van der Waals surface area (Å²) < 4.78 is 5.33. The summed E-state index contributed by atoms with van der Waals surface area (Å²) in [4.78, 5) is 25.5. The quantitative estimate of drug-likeness (QED) is 0.825. The molecule has 1 amide bonds. The molecule has 1 aliphatic heterocycles. The fourth-order valence-corrected chi connectivity index (χ4v) is 2.66. The van der Waals surface area contributed by atoms with E-state index in [9.17, 15) is 4.79 Å². The Bertz CT molecular complexity index is 657. The Labute approximate surface area is 147 Å². The van der Waals surface area contributed by atoms with Gasteiger partial charge in [0.25, 0.3) is 0 Å². The second-order valence-electron chi connectivity index (χ2n) is 7.13. The van der Waals surface area contributed by atoms with Gasteiger partial charge in [-0.25, -0.2) is 9.78 Å². The zero-order valence-electron chi connectivity index (χ0n) is 14.4. The van der Waals surface area contributed by atoms with Crippen molar-refractivity contribution in [3.8, 4) is 0 Å². The Kier molecular flexibility index (Phi) is 5.19. The van der Waals surface area contributed by atoms with Crippen LogP contribution in [0.4, 0.5) is 16.4 Å². The van der Waals surface area contributed by atoms with Gasteiger partial charge < -0.3 is 19.8 Å². The number of hydrogen-bond donors (Lipinski definition) is 1. The first-order chi connectivity index (χ1) is 11.1. The average Bonchev–Trinajstić information content (AvgIpc) is 2.45. The second kappa shape index (κ2) is 6.81. The highest BCUT2D eigenvalue weighted by Crippen LogP contribution is 2.28. The topological polar surface area (TPSA) is 71.7 Å². The van der Waals surface area contributed by atoms with Crippen molar-refractivity contribution in [2.24, 2.45) is 0 Å². The highest BCUT2D eigenvalue weighted by molar-refractivity contribution is 6.31. The van der Waals surface area contributed by atoms with Crippen molar-refractivity contribution in [1.82, 2.24) is 15.3 Å². The third-order valence-electron chi connectivity index (χ3n) is 3.80. The highest BCUT2D eigenvalue weighted by Gasteiger charge is 2.33. The van der Waals surface area contributed by atoms with Crippen LogP contribution >= 0.6 is 11.6 Å². The number of carbonyl (C=O) groups excluding carboxylic acids is 1. The number of piperidine rings is 1. The number of alkyl carbamates (subject to hydrolysis) is 1. The number of carbonyl (C=O) groups is 1. The first-order valence-corrected chi connectivity index (χ1v) is 8.16. The molecule has 8 heteroatoms. The predicted molar refractivity (Wildman–Crippen MR) is 92.5 cm³/mol. The van der Waals surface area contributed by atoms with Gasteiger partial charge in [0.1, 0.15) is 5.60 Å². The summed E-state index contributed by atoms with van der Waals surface area (Å²) in [7, 11) is 0. The summed E-state index contributed by atoms with van der Waals surface area (Å²) in [6.07, 6.45) is 2.65. The number of ether oxygens (including phenoxy) is 1. The van der Waals surface area contributed by atoms with E-state index < -0.39 is 11.7 Å². The molecule has 0 atom stereocenters. The first-order valence-electron chi connectivity index (χ1n) is 7.78. The highest BCUT2D eigenvalue weighted by atomic mass is 35.5. The average molecular weight is 352 g/mol. The number of hydrogen-bond acceptors (Lipinski definition) is 5. The molecule has 0 saturated carbocycles. The number of halogens is 1. The molecular weight excluding hydrogens is 330 g/mol. The summed E-state index contributed by atoms with van der Waals surface area (Å²) in [6, 6.07) is 0. The van der Waals surface area contributed by atoms with Crippen molar-refractivity contribution < 1.29 is 9.53 Å². The number of nitrogens with zero attached hydrogens (tertiary/aromatic N) is 4. The monoisotopic (exact) mass is 351 g/mol. The zero-order valence-corrected chi connectivity index (χ0v) is 15.1.